The summed E-state index contributed by atoms with van der Waals surface area (Å²) >= 11 is 0. The van der Waals surface area contributed by atoms with E-state index in [-0.39, 0.29) is 0 Å². The molecule has 1 aromatic carbocycles. The Kier molecular flexibility index (Phi) is 4.32. The van der Waals surface area contributed by atoms with Crippen molar-refractivity contribution in [3.05, 3.63) is 35.4 Å². The summed E-state index contributed by atoms with van der Waals surface area (Å²) in [6.45, 7) is 14.7. The van der Waals surface area contributed by atoms with Crippen molar-refractivity contribution in [3.63, 3.8) is 0 Å². The van der Waals surface area contributed by atoms with Gasteiger partial charge in [-0.2, -0.15) is 0 Å². The van der Waals surface area contributed by atoms with Crippen molar-refractivity contribution in [2.24, 2.45) is 5.41 Å². The summed E-state index contributed by atoms with van der Waals surface area (Å²) in [6.07, 6.45) is 0. The second-order valence-electron chi connectivity index (χ2n) is 7.09. The summed E-state index contributed by atoms with van der Waals surface area (Å²) < 4.78 is 0. The fourth-order valence-corrected chi connectivity index (χ4v) is 2.65. The van der Waals surface area contributed by atoms with Crippen LogP contribution in [-0.2, 0) is 6.54 Å². The quantitative estimate of drug-likeness (QED) is 0.878. The lowest BCUT2D eigenvalue weighted by Gasteiger charge is -2.44. The summed E-state index contributed by atoms with van der Waals surface area (Å²) in [4.78, 5) is 2.61. The van der Waals surface area contributed by atoms with E-state index >= 15 is 0 Å². The lowest BCUT2D eigenvalue weighted by atomic mass is 9.84. The summed E-state index contributed by atoms with van der Waals surface area (Å²) in [5, 5.41) is 3.69. The largest absolute Gasteiger partial charge is 0.311 e. The molecule has 2 rings (SSSR count). The zero-order chi connectivity index (χ0) is 14.0. The van der Waals surface area contributed by atoms with Gasteiger partial charge in [0, 0.05) is 31.7 Å². The molecule has 0 aromatic heterocycles. The molecule has 2 nitrogen and oxygen atoms in total. The Morgan fingerprint density at radius 2 is 1.84 bits per heavy atom. The molecule has 1 aliphatic rings. The molecule has 0 bridgehead atoms. The molecule has 2 heteroatoms. The Hall–Kier alpha value is -0.860. The van der Waals surface area contributed by atoms with Crippen LogP contribution in [0.2, 0.25) is 0 Å². The topological polar surface area (TPSA) is 15.3 Å². The van der Waals surface area contributed by atoms with Crippen LogP contribution in [0.25, 0.3) is 0 Å². The zero-order valence-electron chi connectivity index (χ0n) is 13.0. The van der Waals surface area contributed by atoms with Crippen molar-refractivity contribution in [2.75, 3.05) is 13.1 Å². The lowest BCUT2D eigenvalue weighted by molar-refractivity contribution is 0.0877. The standard InChI is InChI=1S/C17H28N2/c1-13-6-8-15(9-7-13)11-19-12-16(17(3,4)5)18-10-14(19)2/h6-9,14,16,18H,10-12H2,1-5H3. The van der Waals surface area contributed by atoms with Gasteiger partial charge in [0.05, 0.1) is 0 Å². The van der Waals surface area contributed by atoms with Crippen molar-refractivity contribution < 1.29 is 0 Å². The zero-order valence-corrected chi connectivity index (χ0v) is 13.0. The summed E-state index contributed by atoms with van der Waals surface area (Å²) in [5.41, 5.74) is 3.09. The molecule has 0 aliphatic carbocycles. The van der Waals surface area contributed by atoms with Crippen LogP contribution in [0.15, 0.2) is 24.3 Å². The smallest absolute Gasteiger partial charge is 0.0244 e. The predicted molar refractivity (Wildman–Crippen MR) is 82.3 cm³/mol. The number of hydrogen-bond acceptors (Lipinski definition) is 2. The number of rotatable bonds is 2. The van der Waals surface area contributed by atoms with Crippen LogP contribution in [-0.4, -0.2) is 30.1 Å². The van der Waals surface area contributed by atoms with E-state index in [4.69, 9.17) is 0 Å². The maximum atomic E-state index is 3.69. The van der Waals surface area contributed by atoms with E-state index in [0.29, 0.717) is 17.5 Å². The van der Waals surface area contributed by atoms with Crippen molar-refractivity contribution in [2.45, 2.75) is 53.2 Å². The number of aryl methyl sites for hydroxylation is 1. The summed E-state index contributed by atoms with van der Waals surface area (Å²) in [6, 6.07) is 10.1. The molecule has 1 fully saturated rings. The molecule has 19 heavy (non-hydrogen) atoms. The molecule has 1 aromatic rings. The molecule has 0 saturated carbocycles. The van der Waals surface area contributed by atoms with Crippen molar-refractivity contribution in [1.82, 2.24) is 10.2 Å². The van der Waals surface area contributed by atoms with Crippen molar-refractivity contribution in [3.8, 4) is 0 Å². The van der Waals surface area contributed by atoms with Gasteiger partial charge in [-0.05, 0) is 24.8 Å². The van der Waals surface area contributed by atoms with Crippen LogP contribution >= 0.6 is 0 Å². The van der Waals surface area contributed by atoms with Crippen molar-refractivity contribution in [1.29, 1.82) is 0 Å². The van der Waals surface area contributed by atoms with Gasteiger partial charge >= 0.3 is 0 Å². The minimum Gasteiger partial charge on any atom is -0.311 e. The normalized spacial score (nSPS) is 25.5. The van der Waals surface area contributed by atoms with Gasteiger partial charge < -0.3 is 5.32 Å². The average molecular weight is 260 g/mol. The van der Waals surface area contributed by atoms with Crippen LogP contribution in [0.3, 0.4) is 0 Å². The molecule has 0 spiro atoms. The van der Waals surface area contributed by atoms with E-state index in [1.807, 2.05) is 0 Å². The highest BCUT2D eigenvalue weighted by Crippen LogP contribution is 2.24. The van der Waals surface area contributed by atoms with Gasteiger partial charge in [-0.25, -0.2) is 0 Å². The van der Waals surface area contributed by atoms with Gasteiger partial charge in [0.15, 0.2) is 0 Å². The Morgan fingerprint density at radius 1 is 1.21 bits per heavy atom. The second-order valence-corrected chi connectivity index (χ2v) is 7.09. The molecule has 1 saturated heterocycles. The van der Waals surface area contributed by atoms with Gasteiger partial charge in [-0.15, -0.1) is 0 Å². The lowest BCUT2D eigenvalue weighted by Crippen LogP contribution is -2.59. The Balaban J connectivity index is 2.03. The first-order valence-electron chi connectivity index (χ1n) is 7.39. The number of benzene rings is 1. The first-order valence-corrected chi connectivity index (χ1v) is 7.39. The van der Waals surface area contributed by atoms with Crippen LogP contribution in [0, 0.1) is 12.3 Å². The maximum absolute atomic E-state index is 3.69. The molecule has 2 atom stereocenters. The van der Waals surface area contributed by atoms with Gasteiger partial charge in [0.2, 0.25) is 0 Å². The molecule has 2 unspecified atom stereocenters. The molecule has 0 radical (unpaired) electrons. The molecule has 0 amide bonds. The maximum Gasteiger partial charge on any atom is 0.0244 e. The first-order chi connectivity index (χ1) is 8.86. The Morgan fingerprint density at radius 3 is 2.42 bits per heavy atom. The second kappa shape index (κ2) is 5.64. The van der Waals surface area contributed by atoms with Gasteiger partial charge in [-0.3, -0.25) is 4.90 Å². The Labute approximate surface area is 118 Å². The molecule has 1 N–H and O–H groups in total. The monoisotopic (exact) mass is 260 g/mol. The number of nitrogens with one attached hydrogen (secondary N) is 1. The van der Waals surface area contributed by atoms with E-state index in [2.05, 4.69) is 69.1 Å². The van der Waals surface area contributed by atoms with E-state index in [1.54, 1.807) is 0 Å². The summed E-state index contributed by atoms with van der Waals surface area (Å²) in [5.74, 6) is 0. The SMILES string of the molecule is Cc1ccc(CN2CC(C(C)(C)C)NCC2C)cc1. The Bertz CT molecular complexity index is 402. The first kappa shape index (κ1) is 14.5. The van der Waals surface area contributed by atoms with Gasteiger partial charge in [0.25, 0.3) is 0 Å². The highest BCUT2D eigenvalue weighted by molar-refractivity contribution is 5.21. The average Bonchev–Trinajstić information content (AvgIpc) is 2.33. The third-order valence-electron chi connectivity index (χ3n) is 4.25. The summed E-state index contributed by atoms with van der Waals surface area (Å²) in [7, 11) is 0. The molecular weight excluding hydrogens is 232 g/mol. The van der Waals surface area contributed by atoms with E-state index < -0.39 is 0 Å². The fourth-order valence-electron chi connectivity index (χ4n) is 2.65. The highest BCUT2D eigenvalue weighted by atomic mass is 15.2. The molecule has 1 heterocycles. The molecule has 1 aliphatic heterocycles. The number of piperazine rings is 1. The van der Waals surface area contributed by atoms with Crippen LogP contribution in [0.5, 0.6) is 0 Å². The van der Waals surface area contributed by atoms with E-state index in [1.165, 1.54) is 11.1 Å². The van der Waals surface area contributed by atoms with Gasteiger partial charge in [0.1, 0.15) is 0 Å². The third-order valence-corrected chi connectivity index (χ3v) is 4.25. The number of hydrogen-bond donors (Lipinski definition) is 1. The highest BCUT2D eigenvalue weighted by Gasteiger charge is 2.32. The molecule has 106 valence electrons. The van der Waals surface area contributed by atoms with Crippen LogP contribution < -0.4 is 5.32 Å². The minimum absolute atomic E-state index is 0.325. The third kappa shape index (κ3) is 3.80. The van der Waals surface area contributed by atoms with E-state index in [9.17, 15) is 0 Å². The van der Waals surface area contributed by atoms with Crippen LogP contribution in [0.4, 0.5) is 0 Å². The van der Waals surface area contributed by atoms with E-state index in [0.717, 1.165) is 19.6 Å². The van der Waals surface area contributed by atoms with Gasteiger partial charge in [-0.1, -0.05) is 50.6 Å². The molecular formula is C17H28N2. The minimum atomic E-state index is 0.325. The number of nitrogens with zero attached hydrogens (tertiary/aromatic N) is 1. The van der Waals surface area contributed by atoms with Crippen molar-refractivity contribution >= 4 is 0 Å². The predicted octanol–water partition coefficient (Wildman–Crippen LogP) is 3.20. The fraction of sp³-hybridized carbons (Fsp3) is 0.647. The van der Waals surface area contributed by atoms with Crippen LogP contribution in [0.1, 0.15) is 38.8 Å².